The maximum atomic E-state index is 4.48. The fourth-order valence-electron chi connectivity index (χ4n) is 3.10. The Balaban J connectivity index is 1.61. The summed E-state index contributed by atoms with van der Waals surface area (Å²) in [6, 6.07) is 6.83. The lowest BCUT2D eigenvalue weighted by atomic mass is 10.1. The normalized spacial score (nSPS) is 13.8. The van der Waals surface area contributed by atoms with Crippen molar-refractivity contribution in [3.8, 4) is 0 Å². The Morgan fingerprint density at radius 2 is 2.10 bits per heavy atom. The summed E-state index contributed by atoms with van der Waals surface area (Å²) >= 11 is 0. The van der Waals surface area contributed by atoms with E-state index in [0.717, 1.165) is 26.1 Å². The molecule has 1 aliphatic heterocycles. The van der Waals surface area contributed by atoms with Gasteiger partial charge in [-0.15, -0.1) is 0 Å². The van der Waals surface area contributed by atoms with Gasteiger partial charge in [-0.05, 0) is 30.0 Å². The van der Waals surface area contributed by atoms with E-state index in [4.69, 9.17) is 0 Å². The molecule has 2 heterocycles. The average molecular weight is 284 g/mol. The first-order valence-corrected chi connectivity index (χ1v) is 7.72. The highest BCUT2D eigenvalue weighted by atomic mass is 15.3. The van der Waals surface area contributed by atoms with Gasteiger partial charge in [0.25, 0.3) is 0 Å². The first-order valence-electron chi connectivity index (χ1n) is 7.72. The van der Waals surface area contributed by atoms with Crippen molar-refractivity contribution in [3.63, 3.8) is 0 Å². The molecule has 0 amide bonds. The summed E-state index contributed by atoms with van der Waals surface area (Å²) in [7, 11) is 4.15. The van der Waals surface area contributed by atoms with Crippen molar-refractivity contribution in [1.29, 1.82) is 0 Å². The molecule has 0 saturated carbocycles. The Bertz CT molecular complexity index is 630. The Hall–Kier alpha value is -1.81. The third-order valence-corrected chi connectivity index (χ3v) is 4.24. The Kier molecular flexibility index (Phi) is 3.97. The number of aromatic nitrogens is 2. The monoisotopic (exact) mass is 284 g/mol. The first kappa shape index (κ1) is 14.1. The van der Waals surface area contributed by atoms with Crippen LogP contribution in [0.2, 0.25) is 0 Å². The predicted molar refractivity (Wildman–Crippen MR) is 86.5 cm³/mol. The molecule has 4 nitrogen and oxygen atoms in total. The summed E-state index contributed by atoms with van der Waals surface area (Å²) in [4.78, 5) is 2.33. The highest BCUT2D eigenvalue weighted by molar-refractivity contribution is 5.58. The molecule has 0 bridgehead atoms. The second-order valence-electron chi connectivity index (χ2n) is 5.87. The lowest BCUT2D eigenvalue weighted by Gasteiger charge is -2.12. The lowest BCUT2D eigenvalue weighted by Crippen LogP contribution is -2.14. The smallest absolute Gasteiger partial charge is 0.0666 e. The number of nitrogens with one attached hydrogen (secondary N) is 1. The SMILES string of the molecule is CCc1nn(C)cc1CNCc1ccc2c(c1)CCN2C. The number of likely N-dealkylation sites (N-methyl/N-ethyl adjacent to an activating group) is 1. The number of fused-ring (bicyclic) bond motifs is 1. The molecule has 1 aliphatic rings. The van der Waals surface area contributed by atoms with E-state index in [0.29, 0.717) is 0 Å². The molecule has 1 aromatic carbocycles. The molecule has 0 aliphatic carbocycles. The summed E-state index contributed by atoms with van der Waals surface area (Å²) < 4.78 is 1.90. The number of benzene rings is 1. The fourth-order valence-corrected chi connectivity index (χ4v) is 3.10. The van der Waals surface area contributed by atoms with Gasteiger partial charge < -0.3 is 10.2 Å². The van der Waals surface area contributed by atoms with Gasteiger partial charge in [0.1, 0.15) is 0 Å². The lowest BCUT2D eigenvalue weighted by molar-refractivity contribution is 0.688. The average Bonchev–Trinajstić information content (AvgIpc) is 3.02. The van der Waals surface area contributed by atoms with Crippen LogP contribution in [0, 0.1) is 0 Å². The highest BCUT2D eigenvalue weighted by Gasteiger charge is 2.15. The van der Waals surface area contributed by atoms with Crippen molar-refractivity contribution in [2.45, 2.75) is 32.9 Å². The molecule has 0 saturated heterocycles. The van der Waals surface area contributed by atoms with Crippen molar-refractivity contribution < 1.29 is 0 Å². The van der Waals surface area contributed by atoms with E-state index >= 15 is 0 Å². The van der Waals surface area contributed by atoms with E-state index in [-0.39, 0.29) is 0 Å². The minimum atomic E-state index is 0.883. The van der Waals surface area contributed by atoms with E-state index in [2.05, 4.69) is 53.7 Å². The number of anilines is 1. The van der Waals surface area contributed by atoms with Crippen LogP contribution in [0.5, 0.6) is 0 Å². The van der Waals surface area contributed by atoms with Crippen LogP contribution in [0.4, 0.5) is 5.69 Å². The van der Waals surface area contributed by atoms with Crippen molar-refractivity contribution in [1.82, 2.24) is 15.1 Å². The summed E-state index contributed by atoms with van der Waals surface area (Å²) in [6.45, 7) is 5.09. The van der Waals surface area contributed by atoms with Gasteiger partial charge in [0, 0.05) is 51.2 Å². The van der Waals surface area contributed by atoms with Crippen LogP contribution in [-0.2, 0) is 33.0 Å². The molecular formula is C17H24N4. The Morgan fingerprint density at radius 1 is 1.24 bits per heavy atom. The minimum absolute atomic E-state index is 0.883. The van der Waals surface area contributed by atoms with E-state index in [9.17, 15) is 0 Å². The van der Waals surface area contributed by atoms with Gasteiger partial charge in [0.05, 0.1) is 5.69 Å². The van der Waals surface area contributed by atoms with Gasteiger partial charge in [-0.2, -0.15) is 5.10 Å². The third kappa shape index (κ3) is 2.95. The summed E-state index contributed by atoms with van der Waals surface area (Å²) in [6.07, 6.45) is 4.27. The third-order valence-electron chi connectivity index (χ3n) is 4.24. The molecule has 2 aromatic rings. The van der Waals surface area contributed by atoms with Crippen LogP contribution in [0.1, 0.15) is 29.3 Å². The summed E-state index contributed by atoms with van der Waals surface area (Å²) in [5.74, 6) is 0. The van der Waals surface area contributed by atoms with Crippen molar-refractivity contribution in [3.05, 3.63) is 46.8 Å². The van der Waals surface area contributed by atoms with Gasteiger partial charge >= 0.3 is 0 Å². The molecule has 1 aromatic heterocycles. The van der Waals surface area contributed by atoms with Crippen LogP contribution in [0.15, 0.2) is 24.4 Å². The zero-order valence-corrected chi connectivity index (χ0v) is 13.2. The fraction of sp³-hybridized carbons (Fsp3) is 0.471. The van der Waals surface area contributed by atoms with E-state index in [1.807, 2.05) is 11.7 Å². The van der Waals surface area contributed by atoms with Gasteiger partial charge in [-0.3, -0.25) is 4.68 Å². The molecule has 21 heavy (non-hydrogen) atoms. The zero-order valence-electron chi connectivity index (χ0n) is 13.2. The highest BCUT2D eigenvalue weighted by Crippen LogP contribution is 2.27. The first-order chi connectivity index (χ1) is 10.2. The largest absolute Gasteiger partial charge is 0.374 e. The quantitative estimate of drug-likeness (QED) is 0.914. The molecule has 3 rings (SSSR count). The maximum absolute atomic E-state index is 4.48. The number of aryl methyl sites for hydroxylation is 2. The molecule has 0 spiro atoms. The Labute approximate surface area is 126 Å². The van der Waals surface area contributed by atoms with Gasteiger partial charge in [0.2, 0.25) is 0 Å². The summed E-state index contributed by atoms with van der Waals surface area (Å²) in [5, 5.41) is 8.02. The number of hydrogen-bond acceptors (Lipinski definition) is 3. The Morgan fingerprint density at radius 3 is 2.90 bits per heavy atom. The topological polar surface area (TPSA) is 33.1 Å². The number of nitrogens with zero attached hydrogens (tertiary/aromatic N) is 3. The van der Waals surface area contributed by atoms with Gasteiger partial charge in [0.15, 0.2) is 0 Å². The number of hydrogen-bond donors (Lipinski definition) is 1. The number of rotatable bonds is 5. The molecule has 0 fully saturated rings. The van der Waals surface area contributed by atoms with E-state index in [1.54, 1.807) is 0 Å². The molecule has 0 atom stereocenters. The maximum Gasteiger partial charge on any atom is 0.0666 e. The molecule has 4 heteroatoms. The van der Waals surface area contributed by atoms with E-state index in [1.165, 1.54) is 34.5 Å². The van der Waals surface area contributed by atoms with Crippen LogP contribution in [-0.4, -0.2) is 23.4 Å². The molecular weight excluding hydrogens is 260 g/mol. The van der Waals surface area contributed by atoms with E-state index < -0.39 is 0 Å². The minimum Gasteiger partial charge on any atom is -0.374 e. The van der Waals surface area contributed by atoms with Crippen LogP contribution in [0.25, 0.3) is 0 Å². The van der Waals surface area contributed by atoms with Crippen molar-refractivity contribution >= 4 is 5.69 Å². The van der Waals surface area contributed by atoms with Crippen molar-refractivity contribution in [2.24, 2.45) is 7.05 Å². The van der Waals surface area contributed by atoms with Crippen LogP contribution in [0.3, 0.4) is 0 Å². The second kappa shape index (κ2) is 5.90. The molecule has 0 unspecified atom stereocenters. The van der Waals surface area contributed by atoms with Gasteiger partial charge in [-0.25, -0.2) is 0 Å². The van der Waals surface area contributed by atoms with Crippen molar-refractivity contribution in [2.75, 3.05) is 18.5 Å². The molecule has 1 N–H and O–H groups in total. The van der Waals surface area contributed by atoms with Crippen LogP contribution >= 0.6 is 0 Å². The zero-order chi connectivity index (χ0) is 14.8. The molecule has 0 radical (unpaired) electrons. The standard InChI is InChI=1S/C17H24N4/c1-4-16-15(12-21(3)19-16)11-18-10-13-5-6-17-14(9-13)7-8-20(17)2/h5-6,9,12,18H,4,7-8,10-11H2,1-3H3. The van der Waals surface area contributed by atoms with Gasteiger partial charge in [-0.1, -0.05) is 19.1 Å². The summed E-state index contributed by atoms with van der Waals surface area (Å²) in [5.41, 5.74) is 6.74. The van der Waals surface area contributed by atoms with Crippen LogP contribution < -0.4 is 10.2 Å². The second-order valence-corrected chi connectivity index (χ2v) is 5.87. The molecule has 112 valence electrons. The predicted octanol–water partition coefficient (Wildman–Crippen LogP) is 2.26.